The van der Waals surface area contributed by atoms with E-state index in [-0.39, 0.29) is 32.3 Å². The van der Waals surface area contributed by atoms with Gasteiger partial charge in [0.05, 0.1) is 0 Å². The second kappa shape index (κ2) is 17.6. The van der Waals surface area contributed by atoms with E-state index in [1.165, 1.54) is 0 Å². The van der Waals surface area contributed by atoms with Gasteiger partial charge in [-0.15, -0.1) is 25.7 Å². The molecule has 0 heterocycles. The highest BCUT2D eigenvalue weighted by atomic mass is 16.5. The summed E-state index contributed by atoms with van der Waals surface area (Å²) >= 11 is 0. The van der Waals surface area contributed by atoms with Gasteiger partial charge in [-0.05, 0) is 87.5 Å². The molecule has 0 aliphatic rings. The van der Waals surface area contributed by atoms with Crippen LogP contribution >= 0.6 is 0 Å². The topological polar surface area (TPSA) is 36.9 Å². The zero-order valence-electron chi connectivity index (χ0n) is 29.1. The Balaban J connectivity index is 1.54. The summed E-state index contributed by atoms with van der Waals surface area (Å²) in [7, 11) is 0. The first-order valence-corrected chi connectivity index (χ1v) is 17.0. The lowest BCUT2D eigenvalue weighted by atomic mass is 9.81. The summed E-state index contributed by atoms with van der Waals surface area (Å²) in [6, 6.07) is 46.8. The molecule has 0 aliphatic heterocycles. The molecule has 0 amide bonds. The molecule has 53 heavy (non-hydrogen) atoms. The standard InChI is InChI=1S/C49H36O4/c1-5-30-50-43-24-18-38(19-25-43)41-22-28-47(52-32-7-3)45(34-41)49(40-16-14-37(15-17-40)36-12-10-9-11-13-36)46-35-42(23-29-48(46)53-33-8-4)39-20-26-44(27-21-39)51-31-6-2/h1-4,9-29,34-35,49H,30-33H2. The van der Waals surface area contributed by atoms with Crippen LogP contribution in [0.15, 0.2) is 140 Å². The number of hydrogen-bond acceptors (Lipinski definition) is 4. The lowest BCUT2D eigenvalue weighted by Gasteiger charge is -2.25. The van der Waals surface area contributed by atoms with Gasteiger partial charge in [-0.2, -0.15) is 0 Å². The summed E-state index contributed by atoms with van der Waals surface area (Å²) in [5.74, 6) is 12.6. The molecule has 0 saturated heterocycles. The van der Waals surface area contributed by atoms with Crippen LogP contribution in [0.2, 0.25) is 0 Å². The van der Waals surface area contributed by atoms with E-state index in [1.807, 2.05) is 91.0 Å². The average molecular weight is 689 g/mol. The number of rotatable bonds is 14. The third-order valence-corrected chi connectivity index (χ3v) is 8.63. The third-order valence-electron chi connectivity index (χ3n) is 8.63. The summed E-state index contributed by atoms with van der Waals surface area (Å²) in [5, 5.41) is 0. The molecule has 6 rings (SSSR count). The van der Waals surface area contributed by atoms with Crippen molar-refractivity contribution in [3.63, 3.8) is 0 Å². The minimum atomic E-state index is -0.364. The molecule has 0 radical (unpaired) electrons. The maximum absolute atomic E-state index is 6.26. The number of benzene rings is 6. The van der Waals surface area contributed by atoms with Crippen molar-refractivity contribution >= 4 is 0 Å². The second-order valence-corrected chi connectivity index (χ2v) is 11.9. The van der Waals surface area contributed by atoms with Crippen LogP contribution < -0.4 is 18.9 Å². The molecule has 256 valence electrons. The molecule has 0 fully saturated rings. The molecule has 0 unspecified atom stereocenters. The Kier molecular flexibility index (Phi) is 11.8. The van der Waals surface area contributed by atoms with E-state index < -0.39 is 0 Å². The monoisotopic (exact) mass is 688 g/mol. The predicted octanol–water partition coefficient (Wildman–Crippen LogP) is 9.92. The summed E-state index contributed by atoms with van der Waals surface area (Å²) in [6.07, 6.45) is 22.2. The number of ether oxygens (including phenoxy) is 4. The highest BCUT2D eigenvalue weighted by Crippen LogP contribution is 2.45. The maximum Gasteiger partial charge on any atom is 0.148 e. The van der Waals surface area contributed by atoms with E-state index in [0.717, 1.165) is 50.1 Å². The van der Waals surface area contributed by atoms with Crippen molar-refractivity contribution in [2.24, 2.45) is 0 Å². The zero-order chi connectivity index (χ0) is 36.8. The van der Waals surface area contributed by atoms with Crippen LogP contribution in [-0.4, -0.2) is 26.4 Å². The summed E-state index contributed by atoms with van der Waals surface area (Å²) in [5.41, 5.74) is 8.99. The fraction of sp³-hybridized carbons (Fsp3) is 0.102. The zero-order valence-corrected chi connectivity index (χ0v) is 29.1. The van der Waals surface area contributed by atoms with E-state index >= 15 is 0 Å². The Morgan fingerprint density at radius 3 is 1.17 bits per heavy atom. The second-order valence-electron chi connectivity index (χ2n) is 11.9. The Labute approximate surface area is 312 Å². The van der Waals surface area contributed by atoms with Crippen LogP contribution in [0.3, 0.4) is 0 Å². The summed E-state index contributed by atoms with van der Waals surface area (Å²) in [6.45, 7) is 0.591. The van der Waals surface area contributed by atoms with Crippen LogP contribution in [0.25, 0.3) is 33.4 Å². The van der Waals surface area contributed by atoms with Gasteiger partial charge in [0.25, 0.3) is 0 Å². The van der Waals surface area contributed by atoms with E-state index in [9.17, 15) is 0 Å². The largest absolute Gasteiger partial charge is 0.481 e. The molecule has 4 heteroatoms. The average Bonchev–Trinajstić information content (AvgIpc) is 3.22. The maximum atomic E-state index is 6.26. The lowest BCUT2D eigenvalue weighted by molar-refractivity contribution is 0.360. The van der Waals surface area contributed by atoms with Gasteiger partial charge in [0, 0.05) is 17.0 Å². The van der Waals surface area contributed by atoms with E-state index in [4.69, 9.17) is 44.6 Å². The Morgan fingerprint density at radius 1 is 0.377 bits per heavy atom. The van der Waals surface area contributed by atoms with Gasteiger partial charge in [-0.1, -0.05) is 115 Å². The minimum Gasteiger partial charge on any atom is -0.481 e. The molecule has 0 spiro atoms. The summed E-state index contributed by atoms with van der Waals surface area (Å²) < 4.78 is 23.8. The van der Waals surface area contributed by atoms with Gasteiger partial charge < -0.3 is 18.9 Å². The van der Waals surface area contributed by atoms with Crippen molar-refractivity contribution in [3.05, 3.63) is 156 Å². The molecule has 0 atom stereocenters. The van der Waals surface area contributed by atoms with Gasteiger partial charge in [-0.3, -0.25) is 0 Å². The highest BCUT2D eigenvalue weighted by molar-refractivity contribution is 5.72. The van der Waals surface area contributed by atoms with Gasteiger partial charge in [-0.25, -0.2) is 0 Å². The highest BCUT2D eigenvalue weighted by Gasteiger charge is 2.26. The van der Waals surface area contributed by atoms with Crippen molar-refractivity contribution in [3.8, 4) is 106 Å². The van der Waals surface area contributed by atoms with Gasteiger partial charge in [0.15, 0.2) is 0 Å². The normalized spacial score (nSPS) is 10.3. The summed E-state index contributed by atoms with van der Waals surface area (Å²) in [4.78, 5) is 0. The molecule has 0 bridgehead atoms. The van der Waals surface area contributed by atoms with Crippen molar-refractivity contribution in [2.75, 3.05) is 26.4 Å². The SMILES string of the molecule is C#CCOc1ccc(-c2ccc(OCC#C)c(C(c3ccc(-c4ccccc4)cc3)c3cc(-c4ccc(OCC#C)cc4)ccc3OCC#C)c2)cc1. The Hall–Kier alpha value is -7.24. The van der Waals surface area contributed by atoms with Crippen LogP contribution in [-0.2, 0) is 0 Å². The van der Waals surface area contributed by atoms with Crippen molar-refractivity contribution in [1.29, 1.82) is 0 Å². The molecule has 0 saturated carbocycles. The van der Waals surface area contributed by atoms with Crippen molar-refractivity contribution in [2.45, 2.75) is 5.92 Å². The molecule has 4 nitrogen and oxygen atoms in total. The van der Waals surface area contributed by atoms with Crippen LogP contribution in [0.4, 0.5) is 0 Å². The lowest BCUT2D eigenvalue weighted by Crippen LogP contribution is -2.10. The fourth-order valence-corrected chi connectivity index (χ4v) is 6.17. The fourth-order valence-electron chi connectivity index (χ4n) is 6.17. The molecule has 6 aromatic carbocycles. The van der Waals surface area contributed by atoms with E-state index in [0.29, 0.717) is 23.0 Å². The Bertz CT molecular complexity index is 2180. The quantitative estimate of drug-likeness (QED) is 0.0844. The molecule has 0 N–H and O–H groups in total. The van der Waals surface area contributed by atoms with Crippen molar-refractivity contribution < 1.29 is 18.9 Å². The van der Waals surface area contributed by atoms with Crippen molar-refractivity contribution in [1.82, 2.24) is 0 Å². The van der Waals surface area contributed by atoms with Gasteiger partial charge in [0.1, 0.15) is 49.4 Å². The van der Waals surface area contributed by atoms with Crippen LogP contribution in [0.1, 0.15) is 22.6 Å². The molecule has 0 aromatic heterocycles. The van der Waals surface area contributed by atoms with Gasteiger partial charge in [0.2, 0.25) is 0 Å². The first kappa shape index (κ1) is 35.6. The smallest absolute Gasteiger partial charge is 0.148 e. The number of hydrogen-bond donors (Lipinski definition) is 0. The molecule has 6 aromatic rings. The minimum absolute atomic E-state index is 0.0990. The van der Waals surface area contributed by atoms with Crippen LogP contribution in [0, 0.1) is 49.4 Å². The first-order valence-electron chi connectivity index (χ1n) is 17.0. The molecule has 0 aliphatic carbocycles. The predicted molar refractivity (Wildman–Crippen MR) is 214 cm³/mol. The van der Waals surface area contributed by atoms with E-state index in [1.54, 1.807) is 0 Å². The molecular formula is C49H36O4. The Morgan fingerprint density at radius 2 is 0.736 bits per heavy atom. The number of terminal acetylenes is 4. The van der Waals surface area contributed by atoms with Crippen LogP contribution in [0.5, 0.6) is 23.0 Å². The van der Waals surface area contributed by atoms with Gasteiger partial charge >= 0.3 is 0 Å². The third kappa shape index (κ3) is 8.74. The molecular weight excluding hydrogens is 653 g/mol. The van der Waals surface area contributed by atoms with E-state index in [2.05, 4.69) is 72.2 Å². The first-order chi connectivity index (χ1) is 26.1.